The van der Waals surface area contributed by atoms with Crippen LogP contribution in [0.15, 0.2) is 4.79 Å². The zero-order valence-corrected chi connectivity index (χ0v) is 21.6. The number of nitrogens with zero attached hydrogens (tertiary/aromatic N) is 2. The van der Waals surface area contributed by atoms with E-state index in [1.165, 1.54) is 70.6 Å². The van der Waals surface area contributed by atoms with Crippen LogP contribution in [-0.2, 0) is 25.1 Å². The number of rotatable bonds is 18. The highest BCUT2D eigenvalue weighted by molar-refractivity contribution is 7.40. The smallest absolute Gasteiger partial charge is 0.331 e. The van der Waals surface area contributed by atoms with Gasteiger partial charge in [0, 0.05) is 27.4 Å². The molecule has 0 fully saturated rings. The summed E-state index contributed by atoms with van der Waals surface area (Å²) in [6.45, 7) is 5.82. The Morgan fingerprint density at radius 2 is 1.29 bits per heavy atom. The second-order valence-electron chi connectivity index (χ2n) is 9.19. The van der Waals surface area contributed by atoms with E-state index in [-0.39, 0.29) is 5.56 Å². The summed E-state index contributed by atoms with van der Waals surface area (Å²) in [5, 5.41) is 2.12. The van der Waals surface area contributed by atoms with Gasteiger partial charge in [0.1, 0.15) is 5.69 Å². The molecule has 1 aromatic heterocycles. The molecule has 0 spiro atoms. The predicted molar refractivity (Wildman–Crippen MR) is 132 cm³/mol. The van der Waals surface area contributed by atoms with Crippen LogP contribution >= 0.6 is 8.03 Å². The Kier molecular flexibility index (Phi) is 13.4. The van der Waals surface area contributed by atoms with Crippen LogP contribution in [0.1, 0.15) is 116 Å². The molecular formula is C24H47N3O3P+. The van der Waals surface area contributed by atoms with E-state index in [1.54, 1.807) is 18.7 Å². The van der Waals surface area contributed by atoms with Gasteiger partial charge < -0.3 is 5.32 Å². The summed E-state index contributed by atoms with van der Waals surface area (Å²) in [6.07, 6.45) is 18.3. The van der Waals surface area contributed by atoms with Gasteiger partial charge in [0.2, 0.25) is 0 Å². The normalized spacial score (nSPS) is 13.9. The molecule has 1 unspecified atom stereocenters. The van der Waals surface area contributed by atoms with E-state index in [1.807, 2.05) is 18.7 Å². The minimum absolute atomic E-state index is 0.135. The summed E-state index contributed by atoms with van der Waals surface area (Å²) in [4.78, 5) is 22.4. The first-order valence-electron chi connectivity index (χ1n) is 12.5. The molecule has 2 atom stereocenters. The summed E-state index contributed by atoms with van der Waals surface area (Å²) in [5.41, 5.74) is 1.27. The number of nitrogens with one attached hydrogen (secondary N) is 1. The highest BCUT2D eigenvalue weighted by atomic mass is 31.1. The third-order valence-electron chi connectivity index (χ3n) is 6.66. The van der Waals surface area contributed by atoms with Crippen molar-refractivity contribution in [1.29, 1.82) is 0 Å². The van der Waals surface area contributed by atoms with Gasteiger partial charge in [-0.05, 0) is 17.4 Å². The first-order valence-corrected chi connectivity index (χ1v) is 13.7. The molecule has 1 aromatic rings. The van der Waals surface area contributed by atoms with E-state index in [2.05, 4.69) is 12.2 Å². The van der Waals surface area contributed by atoms with Gasteiger partial charge in [0.15, 0.2) is 0 Å². The van der Waals surface area contributed by atoms with Crippen LogP contribution < -0.4 is 10.9 Å². The minimum atomic E-state index is -2.45. The van der Waals surface area contributed by atoms with E-state index in [0.29, 0.717) is 12.1 Å². The Balaban J connectivity index is 2.37. The van der Waals surface area contributed by atoms with Gasteiger partial charge in [-0.25, -0.2) is 0 Å². The lowest BCUT2D eigenvalue weighted by Gasteiger charge is -2.17. The van der Waals surface area contributed by atoms with Gasteiger partial charge in [-0.1, -0.05) is 90.9 Å². The standard InChI is InChI=1S/C24H46N3O3P/c1-6-8-9-10-11-12-13-14-15-16-17-18-19-20-21-22(23(28)27(5)26(21)4)25-24(3,7-2)31(29)30/h25H,6-20H2,1-5H3/p+1/t24-/m0/s1. The fourth-order valence-corrected chi connectivity index (χ4v) is 4.51. The molecule has 1 rings (SSSR count). The Hall–Kier alpha value is -1.13. The molecular weight excluding hydrogens is 409 g/mol. The van der Waals surface area contributed by atoms with Crippen molar-refractivity contribution in [2.45, 2.75) is 122 Å². The van der Waals surface area contributed by atoms with Gasteiger partial charge in [-0.3, -0.25) is 14.2 Å². The second kappa shape index (κ2) is 14.8. The summed E-state index contributed by atoms with van der Waals surface area (Å²) in [5.74, 6) is 0. The van der Waals surface area contributed by atoms with Crippen LogP contribution in [0.4, 0.5) is 5.69 Å². The molecule has 0 saturated heterocycles. The van der Waals surface area contributed by atoms with Crippen molar-refractivity contribution in [2.75, 3.05) is 5.32 Å². The lowest BCUT2D eigenvalue weighted by Crippen LogP contribution is -2.32. The Morgan fingerprint density at radius 3 is 1.71 bits per heavy atom. The zero-order valence-electron chi connectivity index (χ0n) is 20.7. The van der Waals surface area contributed by atoms with Crippen molar-refractivity contribution in [1.82, 2.24) is 9.36 Å². The van der Waals surface area contributed by atoms with Gasteiger partial charge in [0.05, 0.1) is 5.69 Å². The van der Waals surface area contributed by atoms with Crippen LogP contribution in [0.5, 0.6) is 0 Å². The van der Waals surface area contributed by atoms with Crippen LogP contribution in [0, 0.1) is 0 Å². The number of unbranched alkanes of at least 4 members (excludes halogenated alkanes) is 12. The van der Waals surface area contributed by atoms with Crippen LogP contribution in [0.3, 0.4) is 0 Å². The molecule has 180 valence electrons. The molecule has 0 radical (unpaired) electrons. The zero-order chi connectivity index (χ0) is 23.3. The Labute approximate surface area is 190 Å². The van der Waals surface area contributed by atoms with Crippen molar-refractivity contribution in [3.8, 4) is 0 Å². The van der Waals surface area contributed by atoms with E-state index >= 15 is 0 Å². The largest absolute Gasteiger partial charge is 0.533 e. The van der Waals surface area contributed by atoms with Crippen LogP contribution in [-0.4, -0.2) is 19.5 Å². The molecule has 0 aliphatic heterocycles. The highest BCUT2D eigenvalue weighted by Gasteiger charge is 2.44. The molecule has 0 saturated carbocycles. The van der Waals surface area contributed by atoms with Crippen LogP contribution in [0.25, 0.3) is 0 Å². The summed E-state index contributed by atoms with van der Waals surface area (Å²) < 4.78 is 15.3. The molecule has 2 N–H and O–H groups in total. The van der Waals surface area contributed by atoms with Crippen molar-refractivity contribution < 1.29 is 9.46 Å². The predicted octanol–water partition coefficient (Wildman–Crippen LogP) is 6.63. The van der Waals surface area contributed by atoms with Crippen molar-refractivity contribution in [3.63, 3.8) is 0 Å². The molecule has 6 nitrogen and oxygen atoms in total. The molecule has 0 aromatic carbocycles. The molecule has 1 heterocycles. The monoisotopic (exact) mass is 456 g/mol. The van der Waals surface area contributed by atoms with E-state index < -0.39 is 13.3 Å². The second-order valence-corrected chi connectivity index (χ2v) is 10.7. The minimum Gasteiger partial charge on any atom is -0.331 e. The maximum absolute atomic E-state index is 12.7. The lowest BCUT2D eigenvalue weighted by molar-refractivity contribution is 0.463. The molecule has 7 heteroatoms. The van der Waals surface area contributed by atoms with E-state index in [4.69, 9.17) is 0 Å². The molecule has 0 aliphatic carbocycles. The van der Waals surface area contributed by atoms with Gasteiger partial charge in [-0.15, -0.1) is 0 Å². The highest BCUT2D eigenvalue weighted by Crippen LogP contribution is 2.38. The number of hydrogen-bond acceptors (Lipinski definition) is 3. The third-order valence-corrected chi connectivity index (χ3v) is 7.93. The van der Waals surface area contributed by atoms with E-state index in [9.17, 15) is 14.3 Å². The average Bonchev–Trinajstić information content (AvgIpc) is 2.94. The first-order chi connectivity index (χ1) is 14.8. The summed E-state index contributed by atoms with van der Waals surface area (Å²) >= 11 is 0. The quantitative estimate of drug-likeness (QED) is 0.192. The maximum atomic E-state index is 12.7. The Bertz CT molecular complexity index is 714. The first kappa shape index (κ1) is 27.9. The molecule has 0 amide bonds. The third kappa shape index (κ3) is 9.10. The number of aromatic nitrogens is 2. The fourth-order valence-electron chi connectivity index (χ4n) is 4.03. The van der Waals surface area contributed by atoms with Gasteiger partial charge in [-0.2, -0.15) is 4.89 Å². The van der Waals surface area contributed by atoms with Gasteiger partial charge >= 0.3 is 8.03 Å². The number of hydrogen-bond donors (Lipinski definition) is 2. The van der Waals surface area contributed by atoms with E-state index in [0.717, 1.165) is 25.0 Å². The SMILES string of the molecule is CCCCCCCCCCCCCCCc1c(N[C@](C)(CC)[P+](=O)O)c(=O)n(C)n1C. The van der Waals surface area contributed by atoms with Crippen molar-refractivity contribution in [2.24, 2.45) is 14.1 Å². The molecule has 0 bridgehead atoms. The van der Waals surface area contributed by atoms with Crippen molar-refractivity contribution >= 4 is 13.7 Å². The van der Waals surface area contributed by atoms with Crippen molar-refractivity contribution in [3.05, 3.63) is 16.0 Å². The fraction of sp³-hybridized carbons (Fsp3) is 0.875. The van der Waals surface area contributed by atoms with Gasteiger partial charge in [0.25, 0.3) is 10.8 Å². The molecule has 31 heavy (non-hydrogen) atoms. The topological polar surface area (TPSA) is 76.3 Å². The average molecular weight is 457 g/mol. The summed E-state index contributed by atoms with van der Waals surface area (Å²) in [7, 11) is 1.18. The lowest BCUT2D eigenvalue weighted by atomic mass is 10.0. The molecule has 0 aliphatic rings. The maximum Gasteiger partial charge on any atom is 0.533 e. The van der Waals surface area contributed by atoms with Crippen LogP contribution in [0.2, 0.25) is 0 Å². The number of anilines is 1. The summed E-state index contributed by atoms with van der Waals surface area (Å²) in [6, 6.07) is 0. The Morgan fingerprint density at radius 1 is 0.839 bits per heavy atom.